The topological polar surface area (TPSA) is 114 Å². The van der Waals surface area contributed by atoms with Crippen LogP contribution in [0.5, 0.6) is 17.2 Å². The normalized spacial score (nSPS) is 12.8. The molecule has 2 heterocycles. The number of rotatable bonds is 13. The lowest BCUT2D eigenvalue weighted by Gasteiger charge is -2.43. The molecule has 0 saturated carbocycles. The van der Waals surface area contributed by atoms with Crippen LogP contribution in [0.4, 0.5) is 0 Å². The van der Waals surface area contributed by atoms with E-state index in [0.29, 0.717) is 72.8 Å². The number of aromatic nitrogens is 3. The van der Waals surface area contributed by atoms with Crippen molar-refractivity contribution in [3.8, 4) is 28.6 Å². The molecule has 1 aliphatic rings. The van der Waals surface area contributed by atoms with Gasteiger partial charge in [0.05, 0.1) is 33.6 Å². The average molecular weight is 750 g/mol. The summed E-state index contributed by atoms with van der Waals surface area (Å²) < 4.78 is 27.1. The molecule has 10 nitrogen and oxygen atoms in total. The van der Waals surface area contributed by atoms with Crippen LogP contribution in [0.25, 0.3) is 11.4 Å². The molecule has 0 amide bonds. The molecule has 0 fully saturated rings. The van der Waals surface area contributed by atoms with Crippen LogP contribution in [-0.4, -0.2) is 61.4 Å². The van der Waals surface area contributed by atoms with Gasteiger partial charge >= 0.3 is 5.97 Å². The van der Waals surface area contributed by atoms with Crippen LogP contribution in [0.3, 0.4) is 0 Å². The van der Waals surface area contributed by atoms with E-state index in [2.05, 4.69) is 80.8 Å². The van der Waals surface area contributed by atoms with Gasteiger partial charge in [-0.3, -0.25) is 4.79 Å². The van der Waals surface area contributed by atoms with Crippen LogP contribution in [0.1, 0.15) is 73.5 Å². The maximum Gasteiger partial charge on any atom is 0.347 e. The lowest BCUT2D eigenvalue weighted by atomic mass is 10.0. The number of carbonyl (C=O) groups is 1. The van der Waals surface area contributed by atoms with E-state index in [4.69, 9.17) is 23.6 Å². The number of esters is 1. The van der Waals surface area contributed by atoms with Gasteiger partial charge in [0.1, 0.15) is 28.8 Å². The monoisotopic (exact) mass is 749 g/mol. The molecule has 0 bridgehead atoms. The molecule has 5 aromatic rings. The average Bonchev–Trinajstić information content (AvgIpc) is 3.41. The highest BCUT2D eigenvalue weighted by molar-refractivity contribution is 6.99. The second-order valence-corrected chi connectivity index (χ2v) is 19.0. The number of hydrogen-bond donors (Lipinski definition) is 1. The summed E-state index contributed by atoms with van der Waals surface area (Å²) in [5.41, 5.74) is 2.31. The van der Waals surface area contributed by atoms with E-state index in [1.807, 2.05) is 18.2 Å². The number of benzene rings is 3. The first-order valence-electron chi connectivity index (χ1n) is 18.6. The van der Waals surface area contributed by atoms with E-state index in [9.17, 15) is 14.7 Å². The Bertz CT molecular complexity index is 2130. The number of methoxy groups -OCH3 is 3. The quantitative estimate of drug-likeness (QED) is 0.0850. The summed E-state index contributed by atoms with van der Waals surface area (Å²) >= 11 is 0. The molecular weight excluding hydrogens is 699 g/mol. The van der Waals surface area contributed by atoms with Crippen molar-refractivity contribution in [1.29, 1.82) is 0 Å². The van der Waals surface area contributed by atoms with Crippen LogP contribution in [0.15, 0.2) is 83.7 Å². The van der Waals surface area contributed by atoms with Crippen molar-refractivity contribution in [3.63, 3.8) is 0 Å². The number of carbonyl (C=O) groups excluding carboxylic acids is 1. The van der Waals surface area contributed by atoms with Gasteiger partial charge in [-0.2, -0.15) is 0 Å². The fourth-order valence-electron chi connectivity index (χ4n) is 8.06. The highest BCUT2D eigenvalue weighted by atomic mass is 28.4. The van der Waals surface area contributed by atoms with E-state index >= 15 is 0 Å². The van der Waals surface area contributed by atoms with Gasteiger partial charge < -0.3 is 32.9 Å². The molecule has 11 heteroatoms. The first kappa shape index (κ1) is 38.6. The fourth-order valence-corrected chi connectivity index (χ4v) is 12.7. The predicted octanol–water partition coefficient (Wildman–Crippen LogP) is 6.29. The maximum absolute atomic E-state index is 14.3. The molecular formula is C43H51N3O7Si. The molecule has 284 valence electrons. The Morgan fingerprint density at radius 3 is 2.15 bits per heavy atom. The molecule has 2 aromatic heterocycles. The number of nitrogens with zero attached hydrogens (tertiary/aromatic N) is 3. The number of aryl methyl sites for hydroxylation is 1. The van der Waals surface area contributed by atoms with Crippen LogP contribution in [0, 0.1) is 0 Å². The zero-order valence-corrected chi connectivity index (χ0v) is 33.4. The van der Waals surface area contributed by atoms with Gasteiger partial charge in [0.2, 0.25) is 0 Å². The van der Waals surface area contributed by atoms with Crippen molar-refractivity contribution >= 4 is 24.7 Å². The van der Waals surface area contributed by atoms with E-state index in [1.165, 1.54) is 17.5 Å². The van der Waals surface area contributed by atoms with Gasteiger partial charge in [-0.1, -0.05) is 81.4 Å². The van der Waals surface area contributed by atoms with Gasteiger partial charge in [0, 0.05) is 42.5 Å². The van der Waals surface area contributed by atoms with Gasteiger partial charge in [-0.25, -0.2) is 9.78 Å². The minimum atomic E-state index is -2.71. The Labute approximate surface area is 318 Å². The van der Waals surface area contributed by atoms with Crippen molar-refractivity contribution in [2.75, 3.05) is 27.9 Å². The highest BCUT2D eigenvalue weighted by Crippen LogP contribution is 2.40. The lowest BCUT2D eigenvalue weighted by Crippen LogP contribution is -2.66. The van der Waals surface area contributed by atoms with Crippen LogP contribution in [-0.2, 0) is 41.5 Å². The Balaban J connectivity index is 1.41. The molecule has 0 radical (unpaired) electrons. The third-order valence-corrected chi connectivity index (χ3v) is 15.6. The maximum atomic E-state index is 14.3. The van der Waals surface area contributed by atoms with Crippen molar-refractivity contribution in [2.24, 2.45) is 0 Å². The molecule has 6 rings (SSSR count). The number of fused-ring (bicyclic) bond motifs is 3. The van der Waals surface area contributed by atoms with Crippen molar-refractivity contribution in [3.05, 3.63) is 117 Å². The van der Waals surface area contributed by atoms with Crippen molar-refractivity contribution < 1.29 is 28.5 Å². The van der Waals surface area contributed by atoms with Crippen LogP contribution < -0.4 is 25.4 Å². The molecule has 0 spiro atoms. The van der Waals surface area contributed by atoms with E-state index in [-0.39, 0.29) is 22.9 Å². The highest BCUT2D eigenvalue weighted by Gasteiger charge is 2.50. The molecule has 3 aromatic carbocycles. The number of aromatic hydroxyl groups is 1. The molecule has 0 unspecified atom stereocenters. The second kappa shape index (κ2) is 16.1. The van der Waals surface area contributed by atoms with Gasteiger partial charge in [-0.05, 0) is 60.2 Å². The van der Waals surface area contributed by atoms with E-state index in [1.54, 1.807) is 30.9 Å². The molecule has 54 heavy (non-hydrogen) atoms. The molecule has 0 saturated heterocycles. The Morgan fingerprint density at radius 2 is 1.57 bits per heavy atom. The van der Waals surface area contributed by atoms with E-state index in [0.717, 1.165) is 17.9 Å². The first-order valence-corrected chi connectivity index (χ1v) is 20.5. The van der Waals surface area contributed by atoms with Gasteiger partial charge in [-0.15, -0.1) is 0 Å². The summed E-state index contributed by atoms with van der Waals surface area (Å²) in [7, 11) is 1.63. The molecule has 0 atom stereocenters. The van der Waals surface area contributed by atoms with Crippen LogP contribution in [0.2, 0.25) is 5.04 Å². The third kappa shape index (κ3) is 6.98. The predicted molar refractivity (Wildman–Crippen MR) is 213 cm³/mol. The van der Waals surface area contributed by atoms with E-state index < -0.39 is 19.8 Å². The SMILES string of the molecule is CCn1c(CCCO[Si](c2ccccc2)(c2ccccc2)C(C)(C)C)nc2c1CCCc1c(O)c(C(=O)OC)c(=O)n(Cc3ccc(OC)cc3OC)c1-2. The Hall–Kier alpha value is -5.13. The fraction of sp³-hybridized carbons (Fsp3) is 0.372. The zero-order chi connectivity index (χ0) is 38.6. The first-order chi connectivity index (χ1) is 26.0. The zero-order valence-electron chi connectivity index (χ0n) is 32.4. The summed E-state index contributed by atoms with van der Waals surface area (Å²) in [5.74, 6) is 0.784. The molecule has 0 aliphatic heterocycles. The number of pyridine rings is 1. The summed E-state index contributed by atoms with van der Waals surface area (Å²) in [6.45, 7) is 10.2. The molecule has 1 aliphatic carbocycles. The summed E-state index contributed by atoms with van der Waals surface area (Å²) in [6.07, 6.45) is 3.22. The summed E-state index contributed by atoms with van der Waals surface area (Å²) in [6, 6.07) is 26.6. The number of ether oxygens (including phenoxy) is 3. The summed E-state index contributed by atoms with van der Waals surface area (Å²) in [5, 5.41) is 13.9. The van der Waals surface area contributed by atoms with Crippen molar-refractivity contribution in [1.82, 2.24) is 14.1 Å². The largest absolute Gasteiger partial charge is 0.506 e. The van der Waals surface area contributed by atoms with Gasteiger partial charge in [0.25, 0.3) is 13.9 Å². The number of hydrogen-bond acceptors (Lipinski definition) is 8. The van der Waals surface area contributed by atoms with Crippen LogP contribution >= 0.6 is 0 Å². The van der Waals surface area contributed by atoms with Gasteiger partial charge in [0.15, 0.2) is 5.56 Å². The second-order valence-electron chi connectivity index (χ2n) is 14.6. The minimum absolute atomic E-state index is 0.0681. The smallest absolute Gasteiger partial charge is 0.347 e. The summed E-state index contributed by atoms with van der Waals surface area (Å²) in [4.78, 5) is 32.5. The number of imidazole rings is 1. The lowest BCUT2D eigenvalue weighted by molar-refractivity contribution is 0.0594. The van der Waals surface area contributed by atoms with Crippen molar-refractivity contribution in [2.45, 2.75) is 77.9 Å². The Morgan fingerprint density at radius 1 is 0.907 bits per heavy atom. The third-order valence-electron chi connectivity index (χ3n) is 10.6. The minimum Gasteiger partial charge on any atom is -0.506 e. The Kier molecular flexibility index (Phi) is 11.5. The standard InChI is InChI=1S/C43H51N3O7Si/c1-8-45-34-22-15-21-33-39(46(41(48)37(40(33)47)42(49)52-7)28-29-24-25-30(50-5)27-35(29)51-6)38(34)44-36(45)23-16-26-53-54(43(2,3)4,31-17-11-9-12-18-31)32-19-13-10-14-20-32/h9-14,17-20,24-25,27,47H,8,15-16,21-23,26,28H2,1-7H3. The molecule has 1 N–H and O–H groups in total.